The maximum atomic E-state index is 13.2. The Morgan fingerprint density at radius 2 is 1.65 bits per heavy atom. The van der Waals surface area contributed by atoms with E-state index in [4.69, 9.17) is 16.3 Å². The van der Waals surface area contributed by atoms with E-state index >= 15 is 0 Å². The standard InChI is InChI=1S/C25H23ClN2O3/c1-18-25(30)28(23-10-6-5-9-22(23)19-7-3-2-4-8-19)16-15-27(18)24(29)17-31-21-13-11-20(26)12-14-21/h2-14,18H,15-17H2,1H3/t18-/m1/s1. The average Bonchev–Trinajstić information content (AvgIpc) is 2.81. The van der Waals surface area contributed by atoms with Crippen LogP contribution in [0.2, 0.25) is 5.02 Å². The van der Waals surface area contributed by atoms with Gasteiger partial charge in [-0.1, -0.05) is 60.1 Å². The van der Waals surface area contributed by atoms with Gasteiger partial charge in [-0.2, -0.15) is 0 Å². The molecule has 0 aliphatic carbocycles. The van der Waals surface area contributed by atoms with Gasteiger partial charge in [-0.3, -0.25) is 9.59 Å². The van der Waals surface area contributed by atoms with Crippen LogP contribution >= 0.6 is 11.6 Å². The first kappa shape index (κ1) is 20.9. The number of para-hydroxylation sites is 1. The zero-order valence-electron chi connectivity index (χ0n) is 17.2. The van der Waals surface area contributed by atoms with E-state index in [1.165, 1.54) is 0 Å². The van der Waals surface area contributed by atoms with Gasteiger partial charge < -0.3 is 14.5 Å². The molecule has 2 amide bonds. The number of nitrogens with zero attached hydrogens (tertiary/aromatic N) is 2. The molecule has 0 N–H and O–H groups in total. The fraction of sp³-hybridized carbons (Fsp3) is 0.200. The second-order valence-corrected chi connectivity index (χ2v) is 7.82. The van der Waals surface area contributed by atoms with E-state index in [0.717, 1.165) is 16.8 Å². The maximum Gasteiger partial charge on any atom is 0.261 e. The molecule has 1 heterocycles. The fourth-order valence-corrected chi connectivity index (χ4v) is 3.91. The number of anilines is 1. The topological polar surface area (TPSA) is 49.9 Å². The third kappa shape index (κ3) is 4.57. The smallest absolute Gasteiger partial charge is 0.261 e. The quantitative estimate of drug-likeness (QED) is 0.587. The Morgan fingerprint density at radius 1 is 0.968 bits per heavy atom. The number of halogens is 1. The van der Waals surface area contributed by atoms with Crippen molar-refractivity contribution in [1.82, 2.24) is 4.90 Å². The minimum atomic E-state index is -0.570. The van der Waals surface area contributed by atoms with Crippen molar-refractivity contribution in [3.05, 3.63) is 83.9 Å². The molecule has 1 saturated heterocycles. The highest BCUT2D eigenvalue weighted by Gasteiger charge is 2.35. The van der Waals surface area contributed by atoms with Crippen LogP contribution in [-0.4, -0.2) is 42.5 Å². The summed E-state index contributed by atoms with van der Waals surface area (Å²) in [6, 6.07) is 24.1. The van der Waals surface area contributed by atoms with Crippen LogP contribution in [0.3, 0.4) is 0 Å². The molecule has 0 spiro atoms. The van der Waals surface area contributed by atoms with Crippen LogP contribution < -0.4 is 9.64 Å². The molecule has 1 aliphatic heterocycles. The van der Waals surface area contributed by atoms with Crippen molar-refractivity contribution in [1.29, 1.82) is 0 Å². The molecule has 4 rings (SSSR count). The van der Waals surface area contributed by atoms with Crippen LogP contribution in [-0.2, 0) is 9.59 Å². The summed E-state index contributed by atoms with van der Waals surface area (Å²) in [7, 11) is 0. The highest BCUT2D eigenvalue weighted by molar-refractivity contribution is 6.30. The van der Waals surface area contributed by atoms with Crippen LogP contribution in [0.4, 0.5) is 5.69 Å². The number of carbonyl (C=O) groups excluding carboxylic acids is 2. The highest BCUT2D eigenvalue weighted by atomic mass is 35.5. The van der Waals surface area contributed by atoms with Crippen molar-refractivity contribution >= 4 is 29.1 Å². The SMILES string of the molecule is C[C@@H]1C(=O)N(c2ccccc2-c2ccccc2)CCN1C(=O)COc1ccc(Cl)cc1. The van der Waals surface area contributed by atoms with Gasteiger partial charge in [0.05, 0.1) is 5.69 Å². The zero-order chi connectivity index (χ0) is 21.8. The highest BCUT2D eigenvalue weighted by Crippen LogP contribution is 2.32. The van der Waals surface area contributed by atoms with Gasteiger partial charge in [-0.25, -0.2) is 0 Å². The maximum absolute atomic E-state index is 13.2. The molecule has 0 bridgehead atoms. The number of piperazine rings is 1. The number of benzene rings is 3. The molecule has 3 aromatic carbocycles. The van der Waals surface area contributed by atoms with Gasteiger partial charge in [-0.15, -0.1) is 0 Å². The summed E-state index contributed by atoms with van der Waals surface area (Å²) in [6.07, 6.45) is 0. The number of hydrogen-bond donors (Lipinski definition) is 0. The number of carbonyl (C=O) groups is 2. The van der Waals surface area contributed by atoms with Crippen LogP contribution in [0.5, 0.6) is 5.75 Å². The lowest BCUT2D eigenvalue weighted by atomic mass is 10.0. The molecule has 5 nitrogen and oxygen atoms in total. The predicted octanol–water partition coefficient (Wildman–Crippen LogP) is 4.65. The largest absolute Gasteiger partial charge is 0.484 e. The van der Waals surface area contributed by atoms with Gasteiger partial charge in [0.2, 0.25) is 5.91 Å². The summed E-state index contributed by atoms with van der Waals surface area (Å²) in [6.45, 7) is 2.51. The van der Waals surface area contributed by atoms with E-state index in [-0.39, 0.29) is 18.4 Å². The van der Waals surface area contributed by atoms with Crippen LogP contribution in [0.15, 0.2) is 78.9 Å². The van der Waals surface area contributed by atoms with Gasteiger partial charge >= 0.3 is 0 Å². The lowest BCUT2D eigenvalue weighted by Crippen LogP contribution is -2.58. The summed E-state index contributed by atoms with van der Waals surface area (Å²) in [4.78, 5) is 29.3. The van der Waals surface area contributed by atoms with Crippen molar-refractivity contribution < 1.29 is 14.3 Å². The zero-order valence-corrected chi connectivity index (χ0v) is 18.0. The first-order valence-corrected chi connectivity index (χ1v) is 10.6. The molecule has 1 atom stereocenters. The van der Waals surface area contributed by atoms with E-state index in [0.29, 0.717) is 23.9 Å². The molecule has 0 aromatic heterocycles. The fourth-order valence-electron chi connectivity index (χ4n) is 3.78. The molecule has 1 aliphatic rings. The second-order valence-electron chi connectivity index (χ2n) is 7.38. The van der Waals surface area contributed by atoms with Crippen molar-refractivity contribution in [3.8, 4) is 16.9 Å². The van der Waals surface area contributed by atoms with Gasteiger partial charge in [0.25, 0.3) is 5.91 Å². The molecule has 0 unspecified atom stereocenters. The minimum Gasteiger partial charge on any atom is -0.484 e. The first-order chi connectivity index (χ1) is 15.0. The second kappa shape index (κ2) is 9.23. The van der Waals surface area contributed by atoms with Crippen molar-refractivity contribution in [2.75, 3.05) is 24.6 Å². The number of ether oxygens (including phenoxy) is 1. The molecule has 0 radical (unpaired) electrons. The average molecular weight is 435 g/mol. The Hall–Kier alpha value is -3.31. The van der Waals surface area contributed by atoms with Crippen LogP contribution in [0.25, 0.3) is 11.1 Å². The van der Waals surface area contributed by atoms with Gasteiger partial charge in [0.1, 0.15) is 11.8 Å². The third-order valence-electron chi connectivity index (χ3n) is 5.43. The number of amides is 2. The number of hydrogen-bond acceptors (Lipinski definition) is 3. The molecule has 6 heteroatoms. The Bertz CT molecular complexity index is 1070. The summed E-state index contributed by atoms with van der Waals surface area (Å²) < 4.78 is 5.57. The van der Waals surface area contributed by atoms with E-state index in [1.54, 1.807) is 41.0 Å². The summed E-state index contributed by atoms with van der Waals surface area (Å²) in [5, 5.41) is 0.602. The molecule has 3 aromatic rings. The molecular formula is C25H23ClN2O3. The summed E-state index contributed by atoms with van der Waals surface area (Å²) >= 11 is 5.87. The van der Waals surface area contributed by atoms with E-state index < -0.39 is 6.04 Å². The third-order valence-corrected chi connectivity index (χ3v) is 5.68. The lowest BCUT2D eigenvalue weighted by Gasteiger charge is -2.39. The molecule has 1 fully saturated rings. The van der Waals surface area contributed by atoms with Crippen LogP contribution in [0.1, 0.15) is 6.92 Å². The van der Waals surface area contributed by atoms with Crippen LogP contribution in [0, 0.1) is 0 Å². The molecule has 0 saturated carbocycles. The van der Waals surface area contributed by atoms with Crippen molar-refractivity contribution in [3.63, 3.8) is 0 Å². The number of rotatable bonds is 5. The van der Waals surface area contributed by atoms with E-state index in [9.17, 15) is 9.59 Å². The Morgan fingerprint density at radius 3 is 2.39 bits per heavy atom. The molecular weight excluding hydrogens is 412 g/mol. The van der Waals surface area contributed by atoms with Gasteiger partial charge in [0, 0.05) is 23.7 Å². The predicted molar refractivity (Wildman–Crippen MR) is 122 cm³/mol. The Labute approximate surface area is 186 Å². The van der Waals surface area contributed by atoms with Gasteiger partial charge in [0.15, 0.2) is 6.61 Å². The normalized spacial score (nSPS) is 16.3. The molecule has 158 valence electrons. The Balaban J connectivity index is 1.47. The lowest BCUT2D eigenvalue weighted by molar-refractivity contribution is -0.142. The summed E-state index contributed by atoms with van der Waals surface area (Å²) in [5.41, 5.74) is 2.90. The van der Waals surface area contributed by atoms with Crippen molar-refractivity contribution in [2.24, 2.45) is 0 Å². The first-order valence-electron chi connectivity index (χ1n) is 10.2. The summed E-state index contributed by atoms with van der Waals surface area (Å²) in [5.74, 6) is 0.244. The Kier molecular flexibility index (Phi) is 6.23. The monoisotopic (exact) mass is 434 g/mol. The van der Waals surface area contributed by atoms with Gasteiger partial charge in [-0.05, 0) is 42.8 Å². The van der Waals surface area contributed by atoms with E-state index in [1.807, 2.05) is 54.6 Å². The molecule has 31 heavy (non-hydrogen) atoms. The van der Waals surface area contributed by atoms with E-state index in [2.05, 4.69) is 0 Å². The minimum absolute atomic E-state index is 0.102. The van der Waals surface area contributed by atoms with Crippen molar-refractivity contribution in [2.45, 2.75) is 13.0 Å².